The minimum absolute atomic E-state index is 0.191. The maximum atomic E-state index is 13.3. The molecule has 2 aromatic heterocycles. The van der Waals surface area contributed by atoms with Crippen molar-refractivity contribution in [3.63, 3.8) is 0 Å². The number of aryl methyl sites for hydroxylation is 1. The van der Waals surface area contributed by atoms with Gasteiger partial charge in [0.25, 0.3) is 5.56 Å². The quantitative estimate of drug-likeness (QED) is 0.415. The highest BCUT2D eigenvalue weighted by atomic mass is 32.2. The Bertz CT molecular complexity index is 1590. The summed E-state index contributed by atoms with van der Waals surface area (Å²) in [5, 5.41) is 3.97. The molecule has 4 aromatic rings. The maximum Gasteiger partial charge on any atom is 0.260 e. The van der Waals surface area contributed by atoms with Crippen LogP contribution in [0.25, 0.3) is 22.2 Å². The first-order valence-corrected chi connectivity index (χ1v) is 14.1. The Morgan fingerprint density at radius 1 is 0.973 bits per heavy atom. The first kappa shape index (κ1) is 24.9. The Labute approximate surface area is 216 Å². The monoisotopic (exact) mass is 518 g/mol. The Kier molecular flexibility index (Phi) is 6.70. The van der Waals surface area contributed by atoms with E-state index in [4.69, 9.17) is 0 Å². The molecule has 1 aliphatic heterocycles. The normalized spacial score (nSPS) is 14.7. The average Bonchev–Trinajstić information content (AvgIpc) is 2.89. The van der Waals surface area contributed by atoms with Gasteiger partial charge in [-0.05, 0) is 62.0 Å². The highest BCUT2D eigenvalue weighted by molar-refractivity contribution is 7.90. The number of hydrogen-bond donors (Lipinski definition) is 1. The van der Waals surface area contributed by atoms with Crippen molar-refractivity contribution < 1.29 is 8.42 Å². The predicted octanol–water partition coefficient (Wildman–Crippen LogP) is 3.38. The second kappa shape index (κ2) is 9.95. The Morgan fingerprint density at radius 3 is 2.27 bits per heavy atom. The average molecular weight is 519 g/mol. The fraction of sp³-hybridized carbons (Fsp3) is 0.296. The summed E-state index contributed by atoms with van der Waals surface area (Å²) in [4.78, 5) is 27.4. The van der Waals surface area contributed by atoms with Gasteiger partial charge in [-0.3, -0.25) is 9.36 Å². The standard InChI is InChI=1S/C27H30N6O3S/c1-4-33-25-20(17-24(26(33)34)19-5-11-23(12-6-19)37(3,35)36)18-28-27(30-25)29-21-7-9-22(10-8-21)32-15-13-31(2)14-16-32/h5-12,17-18H,4,13-16H2,1-3H3,(H,28,29,30). The molecule has 1 saturated heterocycles. The molecule has 0 aliphatic carbocycles. The molecule has 10 heteroatoms. The van der Waals surface area contributed by atoms with E-state index >= 15 is 0 Å². The van der Waals surface area contributed by atoms with Gasteiger partial charge in [0, 0.05) is 67.5 Å². The number of likely N-dealkylation sites (N-methyl/N-ethyl adjacent to an activating group) is 1. The van der Waals surface area contributed by atoms with Gasteiger partial charge in [-0.2, -0.15) is 4.98 Å². The lowest BCUT2D eigenvalue weighted by atomic mass is 10.1. The minimum atomic E-state index is -3.31. The smallest absolute Gasteiger partial charge is 0.260 e. The number of anilines is 3. The molecule has 0 radical (unpaired) electrons. The number of sulfone groups is 1. The number of piperazine rings is 1. The van der Waals surface area contributed by atoms with Gasteiger partial charge in [0.15, 0.2) is 9.84 Å². The van der Waals surface area contributed by atoms with Crippen LogP contribution >= 0.6 is 0 Å². The lowest BCUT2D eigenvalue weighted by molar-refractivity contribution is 0.313. The molecule has 0 saturated carbocycles. The second-order valence-electron chi connectivity index (χ2n) is 9.34. The maximum absolute atomic E-state index is 13.3. The summed E-state index contributed by atoms with van der Waals surface area (Å²) in [7, 11) is -1.17. The van der Waals surface area contributed by atoms with E-state index in [9.17, 15) is 13.2 Å². The molecular formula is C27H30N6O3S. The first-order chi connectivity index (χ1) is 17.7. The van der Waals surface area contributed by atoms with Gasteiger partial charge in [0.05, 0.1) is 4.90 Å². The van der Waals surface area contributed by atoms with Crippen LogP contribution in [0.5, 0.6) is 0 Å². The van der Waals surface area contributed by atoms with Gasteiger partial charge in [-0.1, -0.05) is 12.1 Å². The number of aromatic nitrogens is 3. The molecule has 0 unspecified atom stereocenters. The molecule has 0 bridgehead atoms. The summed E-state index contributed by atoms with van der Waals surface area (Å²) in [5.74, 6) is 0.409. The lowest BCUT2D eigenvalue weighted by Crippen LogP contribution is -2.44. The molecule has 5 rings (SSSR count). The van der Waals surface area contributed by atoms with Gasteiger partial charge in [-0.25, -0.2) is 13.4 Å². The van der Waals surface area contributed by atoms with Crippen molar-refractivity contribution in [3.8, 4) is 11.1 Å². The zero-order valence-corrected chi connectivity index (χ0v) is 22.0. The number of nitrogens with one attached hydrogen (secondary N) is 1. The molecule has 0 spiro atoms. The highest BCUT2D eigenvalue weighted by Crippen LogP contribution is 2.24. The highest BCUT2D eigenvalue weighted by Gasteiger charge is 2.16. The molecular weight excluding hydrogens is 488 g/mol. The summed E-state index contributed by atoms with van der Waals surface area (Å²) in [5.41, 5.74) is 3.52. The predicted molar refractivity (Wildman–Crippen MR) is 147 cm³/mol. The van der Waals surface area contributed by atoms with E-state index in [1.165, 1.54) is 17.8 Å². The summed E-state index contributed by atoms with van der Waals surface area (Å²) >= 11 is 0. The molecule has 0 atom stereocenters. The third-order valence-corrected chi connectivity index (χ3v) is 7.86. The van der Waals surface area contributed by atoms with E-state index < -0.39 is 9.84 Å². The summed E-state index contributed by atoms with van der Waals surface area (Å²) in [6.45, 7) is 6.45. The summed E-state index contributed by atoms with van der Waals surface area (Å²) in [6.07, 6.45) is 2.86. The Hall–Kier alpha value is -3.76. The third kappa shape index (κ3) is 5.21. The van der Waals surface area contributed by atoms with Crippen LogP contribution in [0, 0.1) is 0 Å². The van der Waals surface area contributed by atoms with Crippen molar-refractivity contribution in [1.29, 1.82) is 0 Å². The SMILES string of the molecule is CCn1c(=O)c(-c2ccc(S(C)(=O)=O)cc2)cc2cnc(Nc3ccc(N4CCN(C)CC4)cc3)nc21. The lowest BCUT2D eigenvalue weighted by Gasteiger charge is -2.34. The second-order valence-corrected chi connectivity index (χ2v) is 11.4. The van der Waals surface area contributed by atoms with E-state index in [1.54, 1.807) is 29.0 Å². The number of hydrogen-bond acceptors (Lipinski definition) is 8. The van der Waals surface area contributed by atoms with E-state index in [1.807, 2.05) is 19.1 Å². The van der Waals surface area contributed by atoms with Crippen LogP contribution in [0.3, 0.4) is 0 Å². The van der Waals surface area contributed by atoms with Crippen molar-refractivity contribution >= 4 is 38.2 Å². The molecule has 1 aliphatic rings. The zero-order valence-electron chi connectivity index (χ0n) is 21.2. The molecule has 9 nitrogen and oxygen atoms in total. The van der Waals surface area contributed by atoms with Crippen LogP contribution in [0.15, 0.2) is 70.5 Å². The number of fused-ring (bicyclic) bond motifs is 1. The number of rotatable bonds is 6. The van der Waals surface area contributed by atoms with Gasteiger partial charge in [0.2, 0.25) is 5.95 Å². The molecule has 37 heavy (non-hydrogen) atoms. The Balaban J connectivity index is 1.42. The van der Waals surface area contributed by atoms with Crippen molar-refractivity contribution in [3.05, 3.63) is 71.1 Å². The van der Waals surface area contributed by atoms with E-state index in [0.29, 0.717) is 29.3 Å². The van der Waals surface area contributed by atoms with Gasteiger partial charge >= 0.3 is 0 Å². The Morgan fingerprint density at radius 2 is 1.65 bits per heavy atom. The van der Waals surface area contributed by atoms with E-state index in [0.717, 1.165) is 43.5 Å². The molecule has 192 valence electrons. The van der Waals surface area contributed by atoms with Crippen LogP contribution in [0.1, 0.15) is 6.92 Å². The van der Waals surface area contributed by atoms with Crippen LogP contribution in [-0.4, -0.2) is 67.3 Å². The first-order valence-electron chi connectivity index (χ1n) is 12.2. The summed E-state index contributed by atoms with van der Waals surface area (Å²) < 4.78 is 25.2. The third-order valence-electron chi connectivity index (χ3n) is 6.73. The van der Waals surface area contributed by atoms with E-state index in [2.05, 4.69) is 44.3 Å². The van der Waals surface area contributed by atoms with Crippen LogP contribution in [0.2, 0.25) is 0 Å². The molecule has 3 heterocycles. The fourth-order valence-corrected chi connectivity index (χ4v) is 5.18. The minimum Gasteiger partial charge on any atom is -0.369 e. The van der Waals surface area contributed by atoms with Crippen molar-refractivity contribution in [2.75, 3.05) is 49.7 Å². The number of benzene rings is 2. The van der Waals surface area contributed by atoms with Crippen LogP contribution in [0.4, 0.5) is 17.3 Å². The molecule has 1 N–H and O–H groups in total. The van der Waals surface area contributed by atoms with Crippen molar-refractivity contribution in [1.82, 2.24) is 19.4 Å². The van der Waals surface area contributed by atoms with E-state index in [-0.39, 0.29) is 10.5 Å². The largest absolute Gasteiger partial charge is 0.369 e. The van der Waals surface area contributed by atoms with Crippen LogP contribution in [-0.2, 0) is 16.4 Å². The molecule has 0 amide bonds. The van der Waals surface area contributed by atoms with Crippen LogP contribution < -0.4 is 15.8 Å². The summed E-state index contributed by atoms with van der Waals surface area (Å²) in [6, 6.07) is 16.3. The van der Waals surface area contributed by atoms with Gasteiger partial charge in [-0.15, -0.1) is 0 Å². The van der Waals surface area contributed by atoms with Gasteiger partial charge in [0.1, 0.15) is 5.65 Å². The fourth-order valence-electron chi connectivity index (χ4n) is 4.55. The number of nitrogens with zero attached hydrogens (tertiary/aromatic N) is 5. The van der Waals surface area contributed by atoms with Crippen molar-refractivity contribution in [2.24, 2.45) is 0 Å². The van der Waals surface area contributed by atoms with Gasteiger partial charge < -0.3 is 15.1 Å². The molecule has 2 aromatic carbocycles. The number of pyridine rings is 1. The topological polar surface area (TPSA) is 100 Å². The van der Waals surface area contributed by atoms with Crippen molar-refractivity contribution in [2.45, 2.75) is 18.4 Å². The zero-order chi connectivity index (χ0) is 26.2. The molecule has 1 fully saturated rings.